The van der Waals surface area contributed by atoms with Crippen LogP contribution < -0.4 is 34.3 Å². The third-order valence-corrected chi connectivity index (χ3v) is 2.15. The minimum Gasteiger partial charge on any atom is -0.768 e. The van der Waals surface area contributed by atoms with E-state index in [1.54, 1.807) is 12.1 Å². The van der Waals surface area contributed by atoms with Crippen LogP contribution in [-0.4, -0.2) is 15.4 Å². The zero-order chi connectivity index (χ0) is 9.68. The van der Waals surface area contributed by atoms with Gasteiger partial charge in [-0.1, -0.05) is 6.92 Å². The molecule has 0 aliphatic rings. The maximum Gasteiger partial charge on any atom is 1.00 e. The molecule has 0 radical (unpaired) electrons. The Kier molecular flexibility index (Phi) is 7.49. The van der Waals surface area contributed by atoms with Crippen LogP contribution in [0.15, 0.2) is 29.2 Å². The van der Waals surface area contributed by atoms with Crippen molar-refractivity contribution in [3.63, 3.8) is 0 Å². The van der Waals surface area contributed by atoms with E-state index in [0.717, 1.165) is 6.42 Å². The van der Waals surface area contributed by atoms with Gasteiger partial charge in [0.25, 0.3) is 0 Å². The monoisotopic (exact) mass is 222 g/mol. The Morgan fingerprint density at radius 3 is 2.36 bits per heavy atom. The fraction of sp³-hybridized carbons (Fsp3) is 0.333. The Balaban J connectivity index is 0.00000169. The SMILES string of the molecule is CCCOc1ccc(S(=O)[O-])cc1.[Na+]. The molecular weight excluding hydrogens is 211 g/mol. The minimum atomic E-state index is -2.15. The van der Waals surface area contributed by atoms with Crippen LogP contribution in [0.3, 0.4) is 0 Å². The second-order valence-corrected chi connectivity index (χ2v) is 3.50. The van der Waals surface area contributed by atoms with Gasteiger partial charge in [0.2, 0.25) is 0 Å². The second-order valence-electron chi connectivity index (χ2n) is 2.55. The molecular formula is C9H11NaO3S. The molecule has 1 atom stereocenters. The summed E-state index contributed by atoms with van der Waals surface area (Å²) in [4.78, 5) is 0.281. The Labute approximate surface area is 108 Å². The molecule has 1 aromatic carbocycles. The van der Waals surface area contributed by atoms with Gasteiger partial charge in [-0.3, -0.25) is 4.21 Å². The molecule has 5 heteroatoms. The zero-order valence-electron chi connectivity index (χ0n) is 8.36. The first-order valence-electron chi connectivity index (χ1n) is 4.06. The van der Waals surface area contributed by atoms with Crippen LogP contribution in [-0.2, 0) is 11.1 Å². The summed E-state index contributed by atoms with van der Waals surface area (Å²) in [6, 6.07) is 6.35. The van der Waals surface area contributed by atoms with Gasteiger partial charge in [0.15, 0.2) is 0 Å². The van der Waals surface area contributed by atoms with Gasteiger partial charge in [0.1, 0.15) is 5.75 Å². The molecule has 0 saturated carbocycles. The minimum absolute atomic E-state index is 0. The van der Waals surface area contributed by atoms with Crippen LogP contribution in [0.4, 0.5) is 0 Å². The summed E-state index contributed by atoms with van der Waals surface area (Å²) >= 11 is -2.15. The van der Waals surface area contributed by atoms with E-state index in [2.05, 4.69) is 0 Å². The first-order valence-corrected chi connectivity index (χ1v) is 5.13. The van der Waals surface area contributed by atoms with Crippen LogP contribution in [0.5, 0.6) is 5.75 Å². The molecule has 0 aliphatic carbocycles. The molecule has 1 unspecified atom stereocenters. The van der Waals surface area contributed by atoms with E-state index in [9.17, 15) is 8.76 Å². The summed E-state index contributed by atoms with van der Waals surface area (Å²) in [6.45, 7) is 2.67. The number of rotatable bonds is 4. The third-order valence-electron chi connectivity index (χ3n) is 1.49. The van der Waals surface area contributed by atoms with E-state index in [0.29, 0.717) is 12.4 Å². The standard InChI is InChI=1S/C9H12O3S.Na/c1-2-7-12-8-3-5-9(6-4-8)13(10)11;/h3-6H,2,7H2,1H3,(H,10,11);/q;+1/p-1. The largest absolute Gasteiger partial charge is 1.00 e. The Morgan fingerprint density at radius 2 is 1.93 bits per heavy atom. The van der Waals surface area contributed by atoms with Crippen molar-refractivity contribution < 1.29 is 43.1 Å². The van der Waals surface area contributed by atoms with Crippen molar-refractivity contribution in [1.29, 1.82) is 0 Å². The van der Waals surface area contributed by atoms with E-state index < -0.39 is 11.1 Å². The van der Waals surface area contributed by atoms with Crippen molar-refractivity contribution in [2.45, 2.75) is 18.2 Å². The summed E-state index contributed by atoms with van der Waals surface area (Å²) in [7, 11) is 0. The number of hydrogen-bond donors (Lipinski definition) is 0. The predicted molar refractivity (Wildman–Crippen MR) is 49.4 cm³/mol. The smallest absolute Gasteiger partial charge is 0.768 e. The molecule has 14 heavy (non-hydrogen) atoms. The molecule has 1 rings (SSSR count). The number of hydrogen-bond acceptors (Lipinski definition) is 3. The molecule has 0 fully saturated rings. The van der Waals surface area contributed by atoms with Crippen LogP contribution in [0.2, 0.25) is 0 Å². The third kappa shape index (κ3) is 4.57. The van der Waals surface area contributed by atoms with E-state index >= 15 is 0 Å². The van der Waals surface area contributed by atoms with E-state index in [4.69, 9.17) is 4.74 Å². The van der Waals surface area contributed by atoms with Crippen molar-refractivity contribution in [1.82, 2.24) is 0 Å². The van der Waals surface area contributed by atoms with Crippen molar-refractivity contribution >= 4 is 11.1 Å². The van der Waals surface area contributed by atoms with Crippen molar-refractivity contribution in [3.8, 4) is 5.75 Å². The van der Waals surface area contributed by atoms with Crippen LogP contribution in [0.1, 0.15) is 13.3 Å². The first-order chi connectivity index (χ1) is 6.24. The second kappa shape index (κ2) is 7.43. The summed E-state index contributed by atoms with van der Waals surface area (Å²) < 4.78 is 26.3. The molecule has 0 amide bonds. The average molecular weight is 222 g/mol. The molecule has 0 aliphatic heterocycles. The van der Waals surface area contributed by atoms with E-state index in [1.807, 2.05) is 6.92 Å². The van der Waals surface area contributed by atoms with Gasteiger partial charge in [0, 0.05) is 4.90 Å². The quantitative estimate of drug-likeness (QED) is 0.471. The van der Waals surface area contributed by atoms with E-state index in [1.165, 1.54) is 12.1 Å². The maximum absolute atomic E-state index is 10.5. The number of benzene rings is 1. The van der Waals surface area contributed by atoms with E-state index in [-0.39, 0.29) is 34.5 Å². The Bertz CT molecular complexity index is 287. The number of ether oxygens (including phenoxy) is 1. The summed E-state index contributed by atoms with van der Waals surface area (Å²) in [5.74, 6) is 0.705. The van der Waals surface area contributed by atoms with Gasteiger partial charge in [-0.2, -0.15) is 0 Å². The molecule has 72 valence electrons. The van der Waals surface area contributed by atoms with Crippen LogP contribution in [0, 0.1) is 0 Å². The van der Waals surface area contributed by atoms with Gasteiger partial charge in [-0.15, -0.1) is 0 Å². The Morgan fingerprint density at radius 1 is 1.36 bits per heavy atom. The molecule has 0 bridgehead atoms. The first kappa shape index (κ1) is 14.1. The summed E-state index contributed by atoms with van der Waals surface area (Å²) in [5.41, 5.74) is 0. The van der Waals surface area contributed by atoms with Gasteiger partial charge in [-0.05, 0) is 41.8 Å². The molecule has 1 aromatic rings. The molecule has 3 nitrogen and oxygen atoms in total. The van der Waals surface area contributed by atoms with Gasteiger partial charge < -0.3 is 9.29 Å². The van der Waals surface area contributed by atoms with Crippen LogP contribution in [0.25, 0.3) is 0 Å². The molecule has 0 aromatic heterocycles. The topological polar surface area (TPSA) is 49.4 Å². The zero-order valence-corrected chi connectivity index (χ0v) is 11.2. The molecule has 0 spiro atoms. The fourth-order valence-corrected chi connectivity index (χ4v) is 1.23. The average Bonchev–Trinajstić information content (AvgIpc) is 2.15. The molecule has 0 heterocycles. The van der Waals surface area contributed by atoms with Crippen molar-refractivity contribution in [3.05, 3.63) is 24.3 Å². The molecule has 0 saturated heterocycles. The maximum atomic E-state index is 10.5. The van der Waals surface area contributed by atoms with Gasteiger partial charge in [0.05, 0.1) is 6.61 Å². The normalized spacial score (nSPS) is 11.6. The molecule has 0 N–H and O–H groups in total. The summed E-state index contributed by atoms with van der Waals surface area (Å²) in [5, 5.41) is 0. The Hall–Kier alpha value is 0.130. The summed E-state index contributed by atoms with van der Waals surface area (Å²) in [6.07, 6.45) is 0.940. The van der Waals surface area contributed by atoms with Gasteiger partial charge in [-0.25, -0.2) is 0 Å². The van der Waals surface area contributed by atoms with Crippen molar-refractivity contribution in [2.75, 3.05) is 6.61 Å². The fourth-order valence-electron chi connectivity index (χ4n) is 0.867. The van der Waals surface area contributed by atoms with Crippen molar-refractivity contribution in [2.24, 2.45) is 0 Å². The van der Waals surface area contributed by atoms with Crippen LogP contribution >= 0.6 is 0 Å². The van der Waals surface area contributed by atoms with Gasteiger partial charge >= 0.3 is 29.6 Å². The predicted octanol–water partition coefficient (Wildman–Crippen LogP) is -1.28.